The second-order valence-corrected chi connectivity index (χ2v) is 8.74. The predicted octanol–water partition coefficient (Wildman–Crippen LogP) is 6.88. The largest absolute Gasteiger partial charge is 0.231 e. The van der Waals surface area contributed by atoms with E-state index in [1.165, 1.54) is 10.4 Å². The molecule has 6 heteroatoms. The Balaban J connectivity index is 1.52. The van der Waals surface area contributed by atoms with Crippen LogP contribution in [0.15, 0.2) is 82.6 Å². The minimum atomic E-state index is 0.155. The zero-order valence-electron chi connectivity index (χ0n) is 14.8. The fourth-order valence-corrected chi connectivity index (χ4v) is 5.02. The molecule has 3 nitrogen and oxygen atoms in total. The van der Waals surface area contributed by atoms with E-state index in [4.69, 9.17) is 21.7 Å². The van der Waals surface area contributed by atoms with Gasteiger partial charge in [-0.05, 0) is 29.1 Å². The van der Waals surface area contributed by atoms with Gasteiger partial charge in [0.15, 0.2) is 0 Å². The highest BCUT2D eigenvalue weighted by atomic mass is 35.5. The SMILES string of the molecule is Clc1ccc(-c2csc(N3N=C(c4cccs4)CC3c3ccccc3)n2)cc1. The van der Waals surface area contributed by atoms with Gasteiger partial charge in [0.25, 0.3) is 0 Å². The Morgan fingerprint density at radius 3 is 2.50 bits per heavy atom. The molecule has 0 bridgehead atoms. The third kappa shape index (κ3) is 3.37. The van der Waals surface area contributed by atoms with Crippen molar-refractivity contribution in [2.45, 2.75) is 12.5 Å². The summed E-state index contributed by atoms with van der Waals surface area (Å²) < 4.78 is 0. The van der Waals surface area contributed by atoms with Gasteiger partial charge in [0.05, 0.1) is 22.3 Å². The summed E-state index contributed by atoms with van der Waals surface area (Å²) in [6.07, 6.45) is 0.875. The van der Waals surface area contributed by atoms with Crippen LogP contribution < -0.4 is 5.01 Å². The number of thiophene rings is 1. The van der Waals surface area contributed by atoms with Crippen molar-refractivity contribution in [2.75, 3.05) is 5.01 Å². The molecule has 0 spiro atoms. The van der Waals surface area contributed by atoms with Gasteiger partial charge in [-0.3, -0.25) is 0 Å². The molecule has 138 valence electrons. The summed E-state index contributed by atoms with van der Waals surface area (Å²) in [7, 11) is 0. The maximum Gasteiger partial charge on any atom is 0.207 e. The minimum Gasteiger partial charge on any atom is -0.231 e. The molecule has 2 aromatic heterocycles. The van der Waals surface area contributed by atoms with E-state index in [-0.39, 0.29) is 6.04 Å². The maximum atomic E-state index is 6.02. The minimum absolute atomic E-state index is 0.155. The van der Waals surface area contributed by atoms with Gasteiger partial charge >= 0.3 is 0 Å². The highest BCUT2D eigenvalue weighted by molar-refractivity contribution is 7.14. The Morgan fingerprint density at radius 2 is 1.75 bits per heavy atom. The number of thiazole rings is 1. The van der Waals surface area contributed by atoms with Crippen molar-refractivity contribution in [1.82, 2.24) is 4.98 Å². The molecule has 4 aromatic rings. The van der Waals surface area contributed by atoms with E-state index in [1.54, 1.807) is 22.7 Å². The molecular formula is C22H16ClN3S2. The second kappa shape index (κ2) is 7.51. The summed E-state index contributed by atoms with van der Waals surface area (Å²) in [6.45, 7) is 0. The standard InChI is InChI=1S/C22H16ClN3S2/c23-17-10-8-15(9-11-17)19-14-28-22(24-19)26-20(16-5-2-1-3-6-16)13-18(25-26)21-7-4-12-27-21/h1-12,14,20H,13H2. The Bertz CT molecular complexity index is 1100. The topological polar surface area (TPSA) is 28.5 Å². The number of hydrogen-bond acceptors (Lipinski definition) is 5. The van der Waals surface area contributed by atoms with Crippen LogP contribution in [0.3, 0.4) is 0 Å². The molecule has 5 rings (SSSR count). The van der Waals surface area contributed by atoms with Crippen molar-refractivity contribution in [1.29, 1.82) is 0 Å². The number of nitrogens with zero attached hydrogens (tertiary/aromatic N) is 3. The summed E-state index contributed by atoms with van der Waals surface area (Å²) in [5.74, 6) is 0. The quantitative estimate of drug-likeness (QED) is 0.359. The number of hydrazone groups is 1. The van der Waals surface area contributed by atoms with Crippen molar-refractivity contribution in [3.63, 3.8) is 0 Å². The van der Waals surface area contributed by atoms with Crippen LogP contribution in [0.4, 0.5) is 5.13 Å². The lowest BCUT2D eigenvalue weighted by Gasteiger charge is -2.21. The van der Waals surface area contributed by atoms with Crippen LogP contribution in [0.25, 0.3) is 11.3 Å². The third-order valence-corrected chi connectivity index (χ3v) is 6.73. The van der Waals surface area contributed by atoms with E-state index in [2.05, 4.69) is 52.2 Å². The number of aromatic nitrogens is 1. The van der Waals surface area contributed by atoms with Gasteiger partial charge in [0, 0.05) is 22.4 Å². The van der Waals surface area contributed by atoms with Crippen molar-refractivity contribution in [3.05, 3.63) is 93.0 Å². The van der Waals surface area contributed by atoms with Crippen LogP contribution >= 0.6 is 34.3 Å². The summed E-state index contributed by atoms with van der Waals surface area (Å²) in [5, 5.41) is 12.9. The van der Waals surface area contributed by atoms with Crippen molar-refractivity contribution in [3.8, 4) is 11.3 Å². The molecule has 0 amide bonds. The molecule has 0 fully saturated rings. The Hall–Kier alpha value is -2.47. The van der Waals surface area contributed by atoms with E-state index in [0.29, 0.717) is 0 Å². The normalized spacial score (nSPS) is 16.4. The first kappa shape index (κ1) is 17.6. The fourth-order valence-electron chi connectivity index (χ4n) is 3.34. The average molecular weight is 422 g/mol. The molecule has 1 atom stereocenters. The van der Waals surface area contributed by atoms with Crippen molar-refractivity contribution < 1.29 is 0 Å². The van der Waals surface area contributed by atoms with Crippen molar-refractivity contribution >= 4 is 45.1 Å². The summed E-state index contributed by atoms with van der Waals surface area (Å²) in [4.78, 5) is 6.10. The summed E-state index contributed by atoms with van der Waals surface area (Å²) in [5.41, 5.74) is 4.38. The number of anilines is 1. The molecule has 1 aliphatic rings. The van der Waals surface area contributed by atoms with Crippen LogP contribution in [0, 0.1) is 0 Å². The number of halogens is 1. The van der Waals surface area contributed by atoms with Gasteiger partial charge in [0.1, 0.15) is 0 Å². The Kier molecular flexibility index (Phi) is 4.72. The zero-order chi connectivity index (χ0) is 18.9. The molecule has 2 aromatic carbocycles. The third-order valence-electron chi connectivity index (χ3n) is 4.73. The smallest absolute Gasteiger partial charge is 0.207 e. The first-order valence-corrected chi connectivity index (χ1v) is 11.1. The number of rotatable bonds is 4. The van der Waals surface area contributed by atoms with Crippen LogP contribution in [0.2, 0.25) is 5.02 Å². The molecular weight excluding hydrogens is 406 g/mol. The predicted molar refractivity (Wildman–Crippen MR) is 120 cm³/mol. The van der Waals surface area contributed by atoms with Crippen LogP contribution in [0.5, 0.6) is 0 Å². The van der Waals surface area contributed by atoms with E-state index in [1.807, 2.05) is 30.3 Å². The van der Waals surface area contributed by atoms with Gasteiger partial charge in [-0.15, -0.1) is 22.7 Å². The highest BCUT2D eigenvalue weighted by Crippen LogP contribution is 2.39. The van der Waals surface area contributed by atoms with Crippen molar-refractivity contribution in [2.24, 2.45) is 5.10 Å². The number of benzene rings is 2. The molecule has 0 radical (unpaired) electrons. The number of hydrogen-bond donors (Lipinski definition) is 0. The van der Waals surface area contributed by atoms with Gasteiger partial charge in [-0.25, -0.2) is 9.99 Å². The average Bonchev–Trinajstić information content (AvgIpc) is 3.48. The lowest BCUT2D eigenvalue weighted by molar-refractivity contribution is 0.706. The lowest BCUT2D eigenvalue weighted by Crippen LogP contribution is -2.18. The Labute approximate surface area is 176 Å². The van der Waals surface area contributed by atoms with E-state index in [9.17, 15) is 0 Å². The Morgan fingerprint density at radius 1 is 0.929 bits per heavy atom. The fraction of sp³-hybridized carbons (Fsp3) is 0.0909. The first-order valence-electron chi connectivity index (χ1n) is 8.95. The lowest BCUT2D eigenvalue weighted by atomic mass is 10.0. The first-order chi connectivity index (χ1) is 13.8. The monoisotopic (exact) mass is 421 g/mol. The zero-order valence-corrected chi connectivity index (χ0v) is 17.2. The van der Waals surface area contributed by atoms with E-state index < -0.39 is 0 Å². The maximum absolute atomic E-state index is 6.02. The van der Waals surface area contributed by atoms with Gasteiger partial charge in [-0.1, -0.05) is 60.1 Å². The van der Waals surface area contributed by atoms with Gasteiger partial charge in [0.2, 0.25) is 5.13 Å². The molecule has 1 unspecified atom stereocenters. The van der Waals surface area contributed by atoms with Gasteiger partial charge < -0.3 is 0 Å². The van der Waals surface area contributed by atoms with Crippen LogP contribution in [-0.4, -0.2) is 10.7 Å². The molecule has 0 saturated carbocycles. The van der Waals surface area contributed by atoms with Gasteiger partial charge in [-0.2, -0.15) is 5.10 Å². The van der Waals surface area contributed by atoms with Crippen LogP contribution in [-0.2, 0) is 0 Å². The van der Waals surface area contributed by atoms with E-state index >= 15 is 0 Å². The summed E-state index contributed by atoms with van der Waals surface area (Å²) in [6, 6.07) is 22.7. The molecule has 0 saturated heterocycles. The van der Waals surface area contributed by atoms with E-state index in [0.717, 1.165) is 33.5 Å². The molecule has 0 aliphatic carbocycles. The molecule has 0 N–H and O–H groups in total. The van der Waals surface area contributed by atoms with Crippen LogP contribution in [0.1, 0.15) is 22.9 Å². The second-order valence-electron chi connectivity index (χ2n) is 6.52. The molecule has 1 aliphatic heterocycles. The highest BCUT2D eigenvalue weighted by Gasteiger charge is 2.32. The molecule has 28 heavy (non-hydrogen) atoms. The summed E-state index contributed by atoms with van der Waals surface area (Å²) >= 11 is 9.37. The molecule has 3 heterocycles.